The first-order valence-electron chi connectivity index (χ1n) is 4.84. The maximum atomic E-state index is 13.2. The molecule has 100 valence electrons. The van der Waals surface area contributed by atoms with Crippen LogP contribution < -0.4 is 0 Å². The molecule has 0 fully saturated rings. The smallest absolute Gasteiger partial charge is 0.221 e. The van der Waals surface area contributed by atoms with Crippen molar-refractivity contribution >= 4 is 31.9 Å². The summed E-state index contributed by atoms with van der Waals surface area (Å²) >= 11 is 6.10. The van der Waals surface area contributed by atoms with Gasteiger partial charge < -0.3 is 0 Å². The van der Waals surface area contributed by atoms with Gasteiger partial charge in [-0.1, -0.05) is 0 Å². The SMILES string of the molecule is Fc1ccc(C(F)(F)F)c(-c2nc(Br)cc(Br)n2)c1. The Morgan fingerprint density at radius 2 is 1.53 bits per heavy atom. The highest BCUT2D eigenvalue weighted by atomic mass is 79.9. The van der Waals surface area contributed by atoms with Gasteiger partial charge in [-0.3, -0.25) is 0 Å². The molecule has 8 heteroatoms. The molecular weight excluding hydrogens is 396 g/mol. The predicted molar refractivity (Wildman–Crippen MR) is 67.8 cm³/mol. The largest absolute Gasteiger partial charge is 0.417 e. The molecule has 0 aliphatic carbocycles. The first kappa shape index (κ1) is 14.4. The fraction of sp³-hybridized carbons (Fsp3) is 0.0909. The molecule has 0 aliphatic heterocycles. The van der Waals surface area contributed by atoms with Crippen LogP contribution in [-0.2, 0) is 6.18 Å². The number of rotatable bonds is 1. The van der Waals surface area contributed by atoms with Gasteiger partial charge in [-0.2, -0.15) is 13.2 Å². The topological polar surface area (TPSA) is 25.8 Å². The number of hydrogen-bond acceptors (Lipinski definition) is 2. The van der Waals surface area contributed by atoms with Crippen LogP contribution in [-0.4, -0.2) is 9.97 Å². The first-order valence-corrected chi connectivity index (χ1v) is 6.43. The molecule has 2 rings (SSSR count). The van der Waals surface area contributed by atoms with Crippen molar-refractivity contribution in [1.29, 1.82) is 0 Å². The molecule has 2 nitrogen and oxygen atoms in total. The molecule has 0 amide bonds. The van der Waals surface area contributed by atoms with Crippen LogP contribution in [0.4, 0.5) is 17.6 Å². The third-order valence-corrected chi connectivity index (χ3v) is 3.00. The fourth-order valence-electron chi connectivity index (χ4n) is 1.46. The average molecular weight is 400 g/mol. The normalized spacial score (nSPS) is 11.7. The van der Waals surface area contributed by atoms with Crippen LogP contribution >= 0.6 is 31.9 Å². The summed E-state index contributed by atoms with van der Waals surface area (Å²) < 4.78 is 52.4. The van der Waals surface area contributed by atoms with Crippen LogP contribution in [0.2, 0.25) is 0 Å². The van der Waals surface area contributed by atoms with Gasteiger partial charge in [0.1, 0.15) is 15.0 Å². The van der Waals surface area contributed by atoms with Gasteiger partial charge in [0.2, 0.25) is 0 Å². The van der Waals surface area contributed by atoms with E-state index in [4.69, 9.17) is 0 Å². The Hall–Kier alpha value is -1.02. The summed E-state index contributed by atoms with van der Waals surface area (Å²) in [6.45, 7) is 0. The number of nitrogens with zero attached hydrogens (tertiary/aromatic N) is 2. The van der Waals surface area contributed by atoms with Gasteiger partial charge in [-0.25, -0.2) is 14.4 Å². The minimum Gasteiger partial charge on any atom is -0.221 e. The van der Waals surface area contributed by atoms with Crippen molar-refractivity contribution in [3.8, 4) is 11.4 Å². The van der Waals surface area contributed by atoms with Crippen molar-refractivity contribution in [2.45, 2.75) is 6.18 Å². The Balaban J connectivity index is 2.70. The van der Waals surface area contributed by atoms with Crippen molar-refractivity contribution < 1.29 is 17.6 Å². The first-order chi connectivity index (χ1) is 8.77. The van der Waals surface area contributed by atoms with Gasteiger partial charge in [-0.05, 0) is 50.1 Å². The van der Waals surface area contributed by atoms with Gasteiger partial charge >= 0.3 is 6.18 Å². The van der Waals surface area contributed by atoms with Gasteiger partial charge in [0.05, 0.1) is 5.56 Å². The van der Waals surface area contributed by atoms with E-state index in [9.17, 15) is 17.6 Å². The fourth-order valence-corrected chi connectivity index (χ4v) is 2.54. The van der Waals surface area contributed by atoms with Crippen LogP contribution in [0.3, 0.4) is 0 Å². The second-order valence-corrected chi connectivity index (χ2v) is 5.15. The number of alkyl halides is 3. The molecule has 0 unspecified atom stereocenters. The Morgan fingerprint density at radius 3 is 2.05 bits per heavy atom. The lowest BCUT2D eigenvalue weighted by Crippen LogP contribution is -2.08. The van der Waals surface area contributed by atoms with Crippen LogP contribution in [0.5, 0.6) is 0 Å². The third kappa shape index (κ3) is 3.30. The number of benzene rings is 1. The van der Waals surface area contributed by atoms with E-state index in [0.717, 1.165) is 12.1 Å². The summed E-state index contributed by atoms with van der Waals surface area (Å²) in [5.74, 6) is -1.00. The van der Waals surface area contributed by atoms with E-state index >= 15 is 0 Å². The molecule has 2 aromatic rings. The highest BCUT2D eigenvalue weighted by Crippen LogP contribution is 2.36. The summed E-state index contributed by atoms with van der Waals surface area (Å²) in [7, 11) is 0. The zero-order valence-corrected chi connectivity index (χ0v) is 12.1. The number of halogens is 6. The lowest BCUT2D eigenvalue weighted by Gasteiger charge is -2.12. The summed E-state index contributed by atoms with van der Waals surface area (Å²) in [5, 5.41) is 0. The molecule has 0 atom stereocenters. The van der Waals surface area contributed by atoms with Gasteiger partial charge in [0, 0.05) is 11.6 Å². The molecule has 19 heavy (non-hydrogen) atoms. The van der Waals surface area contributed by atoms with E-state index in [1.807, 2.05) is 0 Å². The molecule has 1 aromatic heterocycles. The second kappa shape index (κ2) is 5.16. The molecule has 0 spiro atoms. The lowest BCUT2D eigenvalue weighted by molar-refractivity contribution is -0.137. The zero-order chi connectivity index (χ0) is 14.2. The van der Waals surface area contributed by atoms with E-state index < -0.39 is 23.1 Å². The zero-order valence-electron chi connectivity index (χ0n) is 8.97. The Bertz CT molecular complexity index is 608. The number of aromatic nitrogens is 2. The lowest BCUT2D eigenvalue weighted by atomic mass is 10.1. The van der Waals surface area contributed by atoms with E-state index in [0.29, 0.717) is 15.3 Å². The molecular formula is C11H4Br2F4N2. The van der Waals surface area contributed by atoms with E-state index in [-0.39, 0.29) is 5.82 Å². The van der Waals surface area contributed by atoms with Crippen molar-refractivity contribution in [3.05, 3.63) is 44.9 Å². The van der Waals surface area contributed by atoms with E-state index in [2.05, 4.69) is 41.8 Å². The Kier molecular flexibility index (Phi) is 3.91. The van der Waals surface area contributed by atoms with E-state index in [1.165, 1.54) is 6.07 Å². The van der Waals surface area contributed by atoms with Crippen LogP contribution in [0, 0.1) is 5.82 Å². The summed E-state index contributed by atoms with van der Waals surface area (Å²) in [6, 6.07) is 3.65. The minimum absolute atomic E-state index is 0.215. The van der Waals surface area contributed by atoms with Gasteiger partial charge in [-0.15, -0.1) is 0 Å². The Morgan fingerprint density at radius 1 is 0.947 bits per heavy atom. The Labute approximate surface area is 122 Å². The highest BCUT2D eigenvalue weighted by Gasteiger charge is 2.34. The van der Waals surface area contributed by atoms with Crippen molar-refractivity contribution in [3.63, 3.8) is 0 Å². The summed E-state index contributed by atoms with van der Waals surface area (Å²) in [6.07, 6.45) is -4.61. The molecule has 0 bridgehead atoms. The molecule has 0 radical (unpaired) electrons. The number of hydrogen-bond donors (Lipinski definition) is 0. The molecule has 0 saturated carbocycles. The van der Waals surface area contributed by atoms with E-state index in [1.54, 1.807) is 0 Å². The molecule has 0 saturated heterocycles. The summed E-state index contributed by atoms with van der Waals surface area (Å²) in [4.78, 5) is 7.66. The van der Waals surface area contributed by atoms with Gasteiger partial charge in [0.25, 0.3) is 0 Å². The quantitative estimate of drug-likeness (QED) is 0.507. The van der Waals surface area contributed by atoms with Gasteiger partial charge in [0.15, 0.2) is 5.82 Å². The molecule has 1 aromatic carbocycles. The second-order valence-electron chi connectivity index (χ2n) is 3.52. The van der Waals surface area contributed by atoms with Crippen LogP contribution in [0.15, 0.2) is 33.5 Å². The molecule has 1 heterocycles. The molecule has 0 aliphatic rings. The molecule has 0 N–H and O–H groups in total. The van der Waals surface area contributed by atoms with Crippen LogP contribution in [0.1, 0.15) is 5.56 Å². The standard InChI is InChI=1S/C11H4Br2F4N2/c12-8-4-9(13)19-10(18-8)6-3-5(14)1-2-7(6)11(15,16)17/h1-4H. The van der Waals surface area contributed by atoms with Crippen LogP contribution in [0.25, 0.3) is 11.4 Å². The minimum atomic E-state index is -4.61. The summed E-state index contributed by atoms with van der Waals surface area (Å²) in [5.41, 5.74) is -1.39. The monoisotopic (exact) mass is 398 g/mol. The van der Waals surface area contributed by atoms with Crippen molar-refractivity contribution in [2.24, 2.45) is 0 Å². The third-order valence-electron chi connectivity index (χ3n) is 2.19. The highest BCUT2D eigenvalue weighted by molar-refractivity contribution is 9.11. The van der Waals surface area contributed by atoms with Crippen molar-refractivity contribution in [1.82, 2.24) is 9.97 Å². The maximum Gasteiger partial charge on any atom is 0.417 e. The maximum absolute atomic E-state index is 13.2. The average Bonchev–Trinajstić information content (AvgIpc) is 2.25. The predicted octanol–water partition coefficient (Wildman–Crippen LogP) is 4.83. The van der Waals surface area contributed by atoms with Crippen molar-refractivity contribution in [2.75, 3.05) is 0 Å².